The fourth-order valence-corrected chi connectivity index (χ4v) is 5.88. The van der Waals surface area contributed by atoms with Crippen LogP contribution in [0.25, 0.3) is 0 Å². The van der Waals surface area contributed by atoms with Gasteiger partial charge in [0, 0.05) is 31.0 Å². The second-order valence-corrected chi connectivity index (χ2v) is 8.43. The topological polar surface area (TPSA) is 75.4 Å². The third-order valence-electron chi connectivity index (χ3n) is 7.08. The van der Waals surface area contributed by atoms with Crippen LogP contribution in [0.1, 0.15) is 37.9 Å². The van der Waals surface area contributed by atoms with Crippen LogP contribution in [0.4, 0.5) is 5.82 Å². The van der Waals surface area contributed by atoms with Gasteiger partial charge in [-0.3, -0.25) is 9.59 Å². The molecule has 3 aliphatic carbocycles. The summed E-state index contributed by atoms with van der Waals surface area (Å²) in [5, 5.41) is 6.62. The van der Waals surface area contributed by atoms with Crippen molar-refractivity contribution in [2.75, 3.05) is 18.4 Å². The molecule has 6 heteroatoms. The molecule has 6 nitrogen and oxygen atoms in total. The van der Waals surface area contributed by atoms with Crippen LogP contribution in [0.5, 0.6) is 0 Å². The number of nitrogens with one attached hydrogen (secondary N) is 1. The van der Waals surface area contributed by atoms with Crippen molar-refractivity contribution < 1.29 is 14.1 Å². The molecular weight excluding hydrogens is 318 g/mol. The first-order chi connectivity index (χ1) is 12.1. The van der Waals surface area contributed by atoms with E-state index in [2.05, 4.69) is 10.5 Å². The Hall–Kier alpha value is -1.85. The summed E-state index contributed by atoms with van der Waals surface area (Å²) in [6, 6.07) is 1.72. The van der Waals surface area contributed by atoms with Crippen molar-refractivity contribution in [1.29, 1.82) is 0 Å². The number of carbonyl (C=O) groups excluding carboxylic acids is 2. The Balaban J connectivity index is 1.14. The quantitative estimate of drug-likeness (QED) is 0.915. The van der Waals surface area contributed by atoms with E-state index in [0.29, 0.717) is 48.3 Å². The van der Waals surface area contributed by atoms with Crippen molar-refractivity contribution in [2.24, 2.45) is 35.5 Å². The van der Waals surface area contributed by atoms with Gasteiger partial charge in [-0.05, 0) is 62.7 Å². The summed E-state index contributed by atoms with van der Waals surface area (Å²) in [7, 11) is 0. The van der Waals surface area contributed by atoms with Gasteiger partial charge in [0.15, 0.2) is 5.82 Å². The van der Waals surface area contributed by atoms with Crippen LogP contribution in [0.15, 0.2) is 10.6 Å². The maximum absolute atomic E-state index is 12.9. The molecule has 25 heavy (non-hydrogen) atoms. The Morgan fingerprint density at radius 2 is 1.84 bits per heavy atom. The first-order valence-corrected chi connectivity index (χ1v) is 9.65. The number of fused-ring (bicyclic) bond motifs is 5. The number of amides is 2. The second-order valence-electron chi connectivity index (χ2n) is 8.43. The molecular formula is C19H25N3O3. The van der Waals surface area contributed by atoms with E-state index >= 15 is 0 Å². The summed E-state index contributed by atoms with van der Waals surface area (Å²) >= 11 is 0. The zero-order chi connectivity index (χ0) is 17.1. The third-order valence-corrected chi connectivity index (χ3v) is 7.08. The molecule has 2 heterocycles. The molecule has 3 saturated carbocycles. The lowest BCUT2D eigenvalue weighted by atomic mass is 9.94. The molecule has 0 spiro atoms. The Morgan fingerprint density at radius 3 is 2.44 bits per heavy atom. The molecule has 1 N–H and O–H groups in total. The van der Waals surface area contributed by atoms with Crippen molar-refractivity contribution in [3.05, 3.63) is 11.8 Å². The molecule has 1 aliphatic heterocycles. The minimum atomic E-state index is -0.0454. The molecule has 1 aromatic rings. The van der Waals surface area contributed by atoms with E-state index in [9.17, 15) is 9.59 Å². The first kappa shape index (κ1) is 15.4. The Kier molecular flexibility index (Phi) is 3.44. The van der Waals surface area contributed by atoms with E-state index in [1.165, 1.54) is 19.3 Å². The largest absolute Gasteiger partial charge is 0.360 e. The molecule has 2 bridgehead atoms. The van der Waals surface area contributed by atoms with Crippen molar-refractivity contribution in [3.8, 4) is 0 Å². The minimum Gasteiger partial charge on any atom is -0.360 e. The summed E-state index contributed by atoms with van der Waals surface area (Å²) in [6.07, 6.45) is 5.55. The third kappa shape index (κ3) is 2.49. The maximum atomic E-state index is 12.9. The van der Waals surface area contributed by atoms with Gasteiger partial charge in [0.05, 0.1) is 0 Å². The minimum absolute atomic E-state index is 0.0123. The first-order valence-electron chi connectivity index (χ1n) is 9.65. The number of rotatable bonds is 3. The van der Waals surface area contributed by atoms with E-state index in [0.717, 1.165) is 24.7 Å². The standard InChI is InChI=1S/C19H25N3O3/c1-10-8-14(21-25-10)20-18(23)11-4-6-22(7-5-11)19(24)17-15-12-2-3-13(9-12)16(15)17/h8,11-13,15-17H,2-7,9H2,1H3,(H,20,21,23). The highest BCUT2D eigenvalue weighted by Crippen LogP contribution is 2.69. The number of anilines is 1. The van der Waals surface area contributed by atoms with E-state index in [4.69, 9.17) is 4.52 Å². The van der Waals surface area contributed by atoms with Gasteiger partial charge in [-0.1, -0.05) is 5.16 Å². The lowest BCUT2D eigenvalue weighted by Crippen LogP contribution is -2.42. The fourth-order valence-electron chi connectivity index (χ4n) is 5.88. The zero-order valence-electron chi connectivity index (χ0n) is 14.6. The number of aromatic nitrogens is 1. The van der Waals surface area contributed by atoms with Crippen molar-refractivity contribution >= 4 is 17.6 Å². The summed E-state index contributed by atoms with van der Waals surface area (Å²) < 4.78 is 4.98. The van der Waals surface area contributed by atoms with Gasteiger partial charge < -0.3 is 14.7 Å². The van der Waals surface area contributed by atoms with Gasteiger partial charge in [-0.2, -0.15) is 0 Å². The number of nitrogens with zero attached hydrogens (tertiary/aromatic N) is 2. The molecule has 2 amide bonds. The van der Waals surface area contributed by atoms with E-state index in [1.54, 1.807) is 13.0 Å². The predicted molar refractivity (Wildman–Crippen MR) is 90.5 cm³/mol. The Labute approximate surface area is 147 Å². The summed E-state index contributed by atoms with van der Waals surface area (Å²) in [4.78, 5) is 27.2. The van der Waals surface area contributed by atoms with Crippen LogP contribution in [0.3, 0.4) is 0 Å². The highest BCUT2D eigenvalue weighted by Gasteiger charge is 2.68. The fraction of sp³-hybridized carbons (Fsp3) is 0.737. The molecule has 4 aliphatic rings. The van der Waals surface area contributed by atoms with Gasteiger partial charge in [-0.15, -0.1) is 0 Å². The number of hydrogen-bond acceptors (Lipinski definition) is 4. The van der Waals surface area contributed by atoms with Gasteiger partial charge in [0.25, 0.3) is 0 Å². The average Bonchev–Trinajstić information content (AvgIpc) is 2.90. The van der Waals surface area contributed by atoms with Crippen molar-refractivity contribution in [1.82, 2.24) is 10.1 Å². The summed E-state index contributed by atoms with van der Waals surface area (Å²) in [5.41, 5.74) is 0. The van der Waals surface area contributed by atoms with Gasteiger partial charge in [0.2, 0.25) is 11.8 Å². The van der Waals surface area contributed by atoms with E-state index < -0.39 is 0 Å². The molecule has 4 fully saturated rings. The lowest BCUT2D eigenvalue weighted by molar-refractivity contribution is -0.136. The number of aryl methyl sites for hydroxylation is 1. The normalized spacial score (nSPS) is 36.4. The Morgan fingerprint density at radius 1 is 1.16 bits per heavy atom. The smallest absolute Gasteiger partial charge is 0.228 e. The van der Waals surface area contributed by atoms with Crippen LogP contribution in [0, 0.1) is 42.4 Å². The number of likely N-dealkylation sites (tertiary alicyclic amines) is 1. The van der Waals surface area contributed by atoms with Crippen molar-refractivity contribution in [2.45, 2.75) is 39.0 Å². The van der Waals surface area contributed by atoms with E-state index in [1.807, 2.05) is 4.90 Å². The van der Waals surface area contributed by atoms with Crippen LogP contribution in [-0.2, 0) is 9.59 Å². The highest BCUT2D eigenvalue weighted by molar-refractivity contribution is 5.92. The molecule has 4 unspecified atom stereocenters. The van der Waals surface area contributed by atoms with E-state index in [-0.39, 0.29) is 11.8 Å². The monoisotopic (exact) mass is 343 g/mol. The summed E-state index contributed by atoms with van der Waals surface area (Å²) in [6.45, 7) is 3.21. The number of hydrogen-bond donors (Lipinski definition) is 1. The molecule has 0 aromatic carbocycles. The van der Waals surface area contributed by atoms with Gasteiger partial charge in [-0.25, -0.2) is 0 Å². The Bertz CT molecular complexity index is 691. The van der Waals surface area contributed by atoms with Crippen LogP contribution in [-0.4, -0.2) is 35.0 Å². The SMILES string of the molecule is Cc1cc(NC(=O)C2CCN(C(=O)C3C4C5CCC(C5)C34)CC2)no1. The summed E-state index contributed by atoms with van der Waals surface area (Å²) in [5.74, 6) is 4.84. The average molecular weight is 343 g/mol. The van der Waals surface area contributed by atoms with Crippen LogP contribution >= 0.6 is 0 Å². The molecule has 134 valence electrons. The maximum Gasteiger partial charge on any atom is 0.228 e. The molecule has 0 radical (unpaired) electrons. The second kappa shape index (κ2) is 5.58. The molecule has 4 atom stereocenters. The molecule has 1 aromatic heterocycles. The molecule has 5 rings (SSSR count). The van der Waals surface area contributed by atoms with Crippen molar-refractivity contribution in [3.63, 3.8) is 0 Å². The lowest BCUT2D eigenvalue weighted by Gasteiger charge is -2.32. The predicted octanol–water partition coefficient (Wildman–Crippen LogP) is 2.45. The van der Waals surface area contributed by atoms with Crippen LogP contribution in [0.2, 0.25) is 0 Å². The van der Waals surface area contributed by atoms with Gasteiger partial charge in [0.1, 0.15) is 5.76 Å². The number of piperidine rings is 1. The zero-order valence-corrected chi connectivity index (χ0v) is 14.6. The van der Waals surface area contributed by atoms with Gasteiger partial charge >= 0.3 is 0 Å². The highest BCUT2D eigenvalue weighted by atomic mass is 16.5. The van der Waals surface area contributed by atoms with Crippen LogP contribution < -0.4 is 5.32 Å². The number of carbonyl (C=O) groups is 2. The molecule has 1 saturated heterocycles.